The molecular weight excluding hydrogens is 490 g/mol. The third-order valence-electron chi connectivity index (χ3n) is 3.72. The molecule has 1 aliphatic heterocycles. The Bertz CT molecular complexity index is 908. The van der Waals surface area contributed by atoms with Crippen molar-refractivity contribution in [3.63, 3.8) is 0 Å². The number of hydrogen-bond donors (Lipinski definition) is 0. The third kappa shape index (κ3) is 7.34. The first-order chi connectivity index (χ1) is 15.0. The van der Waals surface area contributed by atoms with Crippen LogP contribution >= 0.6 is 23.2 Å². The SMILES string of the molecule is O=C(OCCCCO[N+](=O)[O-])OCOC(=O)C1=Cc2cc(Cl)cc(Cl)c2OC1C(F)(F)F. The Kier molecular flexibility index (Phi) is 8.78. The zero-order valence-electron chi connectivity index (χ0n) is 15.9. The lowest BCUT2D eigenvalue weighted by Crippen LogP contribution is -2.41. The van der Waals surface area contributed by atoms with Crippen molar-refractivity contribution in [2.45, 2.75) is 25.1 Å². The van der Waals surface area contributed by atoms with Gasteiger partial charge in [-0.15, -0.1) is 10.1 Å². The number of nitrogens with zero attached hydrogens (tertiary/aromatic N) is 1. The first kappa shape index (κ1) is 25.3. The van der Waals surface area contributed by atoms with Crippen molar-refractivity contribution in [3.8, 4) is 5.75 Å². The van der Waals surface area contributed by atoms with Gasteiger partial charge in [0.2, 0.25) is 12.9 Å². The Labute approximate surface area is 187 Å². The average Bonchev–Trinajstić information content (AvgIpc) is 2.68. The molecule has 0 fully saturated rings. The van der Waals surface area contributed by atoms with Crippen LogP contribution < -0.4 is 4.74 Å². The predicted molar refractivity (Wildman–Crippen MR) is 100 cm³/mol. The van der Waals surface area contributed by atoms with Crippen LogP contribution in [0, 0.1) is 10.1 Å². The van der Waals surface area contributed by atoms with Crippen molar-refractivity contribution in [1.29, 1.82) is 0 Å². The Morgan fingerprint density at radius 2 is 1.81 bits per heavy atom. The summed E-state index contributed by atoms with van der Waals surface area (Å²) in [5.41, 5.74) is -0.887. The van der Waals surface area contributed by atoms with Gasteiger partial charge in [-0.25, -0.2) is 9.59 Å². The Morgan fingerprint density at radius 1 is 1.12 bits per heavy atom. The highest BCUT2D eigenvalue weighted by Gasteiger charge is 2.49. The molecule has 1 unspecified atom stereocenters. The smallest absolute Gasteiger partial charge is 0.474 e. The van der Waals surface area contributed by atoms with Crippen molar-refractivity contribution in [2.75, 3.05) is 20.0 Å². The van der Waals surface area contributed by atoms with Gasteiger partial charge in [0, 0.05) is 10.6 Å². The Hall–Kier alpha value is -2.93. The van der Waals surface area contributed by atoms with Crippen LogP contribution in [0.1, 0.15) is 18.4 Å². The molecule has 0 aliphatic carbocycles. The molecule has 1 heterocycles. The second-order valence-corrected chi connectivity index (χ2v) is 6.85. The van der Waals surface area contributed by atoms with E-state index in [4.69, 9.17) is 27.9 Å². The minimum absolute atomic E-state index is 0.0244. The van der Waals surface area contributed by atoms with Gasteiger partial charge in [-0.05, 0) is 31.1 Å². The summed E-state index contributed by atoms with van der Waals surface area (Å²) in [4.78, 5) is 37.5. The van der Waals surface area contributed by atoms with E-state index in [1.54, 1.807) is 0 Å². The molecule has 10 nitrogen and oxygen atoms in total. The zero-order valence-corrected chi connectivity index (χ0v) is 17.4. The Morgan fingerprint density at radius 3 is 2.47 bits per heavy atom. The molecule has 32 heavy (non-hydrogen) atoms. The summed E-state index contributed by atoms with van der Waals surface area (Å²) >= 11 is 11.7. The maximum absolute atomic E-state index is 13.4. The van der Waals surface area contributed by atoms with Crippen LogP contribution in [0.2, 0.25) is 10.0 Å². The van der Waals surface area contributed by atoms with E-state index in [-0.39, 0.29) is 47.4 Å². The number of hydrogen-bond acceptors (Lipinski definition) is 9. The second kappa shape index (κ2) is 11.1. The fraction of sp³-hybridized carbons (Fsp3) is 0.412. The van der Waals surface area contributed by atoms with Gasteiger partial charge in [0.1, 0.15) is 5.75 Å². The van der Waals surface area contributed by atoms with Crippen LogP contribution in [0.15, 0.2) is 17.7 Å². The summed E-state index contributed by atoms with van der Waals surface area (Å²) in [7, 11) is 0. The van der Waals surface area contributed by atoms with Crippen LogP contribution in [-0.4, -0.2) is 49.5 Å². The van der Waals surface area contributed by atoms with E-state index in [0.717, 1.165) is 6.08 Å². The minimum atomic E-state index is -4.98. The molecule has 1 aromatic rings. The highest BCUT2D eigenvalue weighted by Crippen LogP contribution is 2.42. The zero-order chi connectivity index (χ0) is 23.9. The van der Waals surface area contributed by atoms with E-state index in [1.807, 2.05) is 0 Å². The topological polar surface area (TPSA) is 123 Å². The molecule has 0 spiro atoms. The minimum Gasteiger partial charge on any atom is -0.474 e. The van der Waals surface area contributed by atoms with Gasteiger partial charge in [0.25, 0.3) is 5.09 Å². The highest BCUT2D eigenvalue weighted by atomic mass is 35.5. The van der Waals surface area contributed by atoms with Crippen molar-refractivity contribution >= 4 is 41.4 Å². The molecule has 1 aliphatic rings. The van der Waals surface area contributed by atoms with E-state index in [9.17, 15) is 32.9 Å². The number of esters is 1. The monoisotopic (exact) mass is 503 g/mol. The lowest BCUT2D eigenvalue weighted by Gasteiger charge is -2.28. The number of unbranched alkanes of at least 4 members (excludes halogenated alkanes) is 1. The number of carbonyl (C=O) groups excluding carboxylic acids is 2. The fourth-order valence-electron chi connectivity index (χ4n) is 2.40. The van der Waals surface area contributed by atoms with E-state index < -0.39 is 41.9 Å². The van der Waals surface area contributed by atoms with E-state index >= 15 is 0 Å². The summed E-state index contributed by atoms with van der Waals surface area (Å²) in [6.45, 7) is -1.41. The maximum atomic E-state index is 13.4. The average molecular weight is 504 g/mol. The fourth-order valence-corrected chi connectivity index (χ4v) is 2.95. The Balaban J connectivity index is 1.90. The molecule has 15 heteroatoms. The molecule has 176 valence electrons. The number of fused-ring (bicyclic) bond motifs is 1. The molecule has 0 N–H and O–H groups in total. The van der Waals surface area contributed by atoms with E-state index in [2.05, 4.69) is 19.0 Å². The number of rotatable bonds is 9. The standard InChI is InChI=1S/C17H14Cl2F3NO9/c18-10-5-9-6-11(14(17(20,21)22)32-13(9)12(19)7-10)15(24)29-8-30-16(25)28-3-1-2-4-31-23(26)27/h5-7,14H,1-4,8H2. The number of ether oxygens (including phenoxy) is 4. The van der Waals surface area contributed by atoms with Crippen LogP contribution in [0.4, 0.5) is 18.0 Å². The second-order valence-electron chi connectivity index (χ2n) is 6.00. The van der Waals surface area contributed by atoms with Gasteiger partial charge in [-0.1, -0.05) is 23.2 Å². The van der Waals surface area contributed by atoms with E-state index in [1.165, 1.54) is 12.1 Å². The van der Waals surface area contributed by atoms with Crippen molar-refractivity contribution < 1.29 is 51.6 Å². The first-order valence-electron chi connectivity index (χ1n) is 8.67. The van der Waals surface area contributed by atoms with Gasteiger partial charge in [0.05, 0.1) is 23.8 Å². The summed E-state index contributed by atoms with van der Waals surface area (Å²) in [6.07, 6.45) is -7.63. The molecule has 1 atom stereocenters. The predicted octanol–water partition coefficient (Wildman–Crippen LogP) is 4.34. The summed E-state index contributed by atoms with van der Waals surface area (Å²) in [5.74, 6) is -1.77. The van der Waals surface area contributed by atoms with Gasteiger partial charge in [-0.3, -0.25) is 0 Å². The highest BCUT2D eigenvalue weighted by molar-refractivity contribution is 6.36. The molecule has 0 bridgehead atoms. The molecule has 0 saturated heterocycles. The van der Waals surface area contributed by atoms with Crippen LogP contribution in [-0.2, 0) is 23.8 Å². The first-order valence-corrected chi connectivity index (χ1v) is 9.42. The van der Waals surface area contributed by atoms with Gasteiger partial charge in [0.15, 0.2) is 0 Å². The molecule has 1 aromatic carbocycles. The van der Waals surface area contributed by atoms with Gasteiger partial charge >= 0.3 is 18.3 Å². The molecule has 0 aromatic heterocycles. The molecule has 0 amide bonds. The van der Waals surface area contributed by atoms with Gasteiger partial charge in [-0.2, -0.15) is 13.2 Å². The molecular formula is C17H14Cl2F3NO9. The summed E-state index contributed by atoms with van der Waals surface area (Å²) in [5, 5.41) is 8.89. The lowest BCUT2D eigenvalue weighted by molar-refractivity contribution is -0.757. The summed E-state index contributed by atoms with van der Waals surface area (Å²) < 4.78 is 58.6. The van der Waals surface area contributed by atoms with Crippen molar-refractivity contribution in [2.24, 2.45) is 0 Å². The number of halogens is 5. The van der Waals surface area contributed by atoms with Gasteiger partial charge < -0.3 is 23.8 Å². The van der Waals surface area contributed by atoms with E-state index in [0.29, 0.717) is 0 Å². The van der Waals surface area contributed by atoms with Crippen molar-refractivity contribution in [1.82, 2.24) is 0 Å². The quantitative estimate of drug-likeness (QED) is 0.159. The molecule has 0 radical (unpaired) electrons. The van der Waals surface area contributed by atoms with Crippen LogP contribution in [0.5, 0.6) is 5.75 Å². The lowest BCUT2D eigenvalue weighted by atomic mass is 10.0. The number of alkyl halides is 3. The largest absolute Gasteiger partial charge is 0.511 e. The summed E-state index contributed by atoms with van der Waals surface area (Å²) in [6, 6.07) is 2.43. The van der Waals surface area contributed by atoms with Crippen molar-refractivity contribution in [3.05, 3.63) is 43.4 Å². The molecule has 0 saturated carbocycles. The number of benzene rings is 1. The third-order valence-corrected chi connectivity index (χ3v) is 4.22. The van der Waals surface area contributed by atoms with Crippen LogP contribution in [0.3, 0.4) is 0 Å². The normalized spacial score (nSPS) is 15.0. The maximum Gasteiger partial charge on any atom is 0.511 e. The van der Waals surface area contributed by atoms with Crippen LogP contribution in [0.25, 0.3) is 6.08 Å². The number of carbonyl (C=O) groups is 2. The molecule has 2 rings (SSSR count).